The number of carbonyl (C=O) groups is 2. The Labute approximate surface area is 284 Å². The van der Waals surface area contributed by atoms with Crippen LogP contribution in [-0.4, -0.2) is 44.3 Å². The number of carbonyl (C=O) groups excluding carboxylic acids is 2. The van der Waals surface area contributed by atoms with Gasteiger partial charge in [0.1, 0.15) is 12.6 Å². The first-order chi connectivity index (χ1) is 22.6. The molecule has 2 amide bonds. The molecule has 0 saturated carbocycles. The summed E-state index contributed by atoms with van der Waals surface area (Å²) in [4.78, 5) is 29.4. The van der Waals surface area contributed by atoms with E-state index in [2.05, 4.69) is 5.32 Å². The van der Waals surface area contributed by atoms with E-state index < -0.39 is 46.2 Å². The predicted molar refractivity (Wildman–Crippen MR) is 181 cm³/mol. The minimum absolute atomic E-state index is 0.0886. The number of hydrogen-bond donors (Lipinski definition) is 1. The average molecular weight is 700 g/mol. The fourth-order valence-corrected chi connectivity index (χ4v) is 6.63. The van der Waals surface area contributed by atoms with Gasteiger partial charge in [0.2, 0.25) is 11.8 Å². The van der Waals surface area contributed by atoms with Crippen molar-refractivity contribution in [1.82, 2.24) is 10.2 Å². The summed E-state index contributed by atoms with van der Waals surface area (Å²) < 4.78 is 70.3. The highest BCUT2D eigenvalue weighted by molar-refractivity contribution is 7.92. The van der Waals surface area contributed by atoms with Crippen LogP contribution in [0.5, 0.6) is 0 Å². The maximum atomic E-state index is 14.5. The number of rotatable bonds is 13. The van der Waals surface area contributed by atoms with Gasteiger partial charge in [-0.3, -0.25) is 13.9 Å². The van der Waals surface area contributed by atoms with Crippen LogP contribution in [-0.2, 0) is 38.8 Å². The second-order valence-corrected chi connectivity index (χ2v) is 14.2. The molecule has 0 aliphatic carbocycles. The number of hydrogen-bond acceptors (Lipinski definition) is 4. The number of nitrogens with zero attached hydrogens (tertiary/aromatic N) is 2. The van der Waals surface area contributed by atoms with Crippen LogP contribution in [0.15, 0.2) is 108 Å². The minimum Gasteiger partial charge on any atom is -0.354 e. The summed E-state index contributed by atoms with van der Waals surface area (Å²) in [5.74, 6) is -1.17. The number of alkyl halides is 3. The lowest BCUT2D eigenvalue weighted by atomic mass is 10.0. The van der Waals surface area contributed by atoms with Crippen molar-refractivity contribution >= 4 is 39.1 Å². The Kier molecular flexibility index (Phi) is 11.9. The van der Waals surface area contributed by atoms with Crippen LogP contribution in [0.1, 0.15) is 36.1 Å². The van der Waals surface area contributed by atoms with Gasteiger partial charge in [-0.1, -0.05) is 91.7 Å². The van der Waals surface area contributed by atoms with Crippen molar-refractivity contribution in [3.8, 4) is 0 Å². The number of sulfonamides is 1. The van der Waals surface area contributed by atoms with Crippen molar-refractivity contribution in [2.75, 3.05) is 17.4 Å². The number of halogens is 4. The molecular weight excluding hydrogens is 663 g/mol. The standard InChI is InChI=1S/C36H37ClF3N3O4S/c1-25(2)22-41-35(45)33(20-27-9-5-4-6-10-27)42(23-28-11-7-13-30(37)19-28)34(44)24-43(31-14-8-12-29(21-31)36(38,39)40)48(46,47)32-17-15-26(3)16-18-32/h4-19,21,25,33H,20,22-24H2,1-3H3,(H,41,45). The SMILES string of the molecule is Cc1ccc(S(=O)(=O)N(CC(=O)N(Cc2cccc(Cl)c2)C(Cc2ccccc2)C(=O)NCC(C)C)c2cccc(C(F)(F)F)c2)cc1. The van der Waals surface area contributed by atoms with E-state index in [-0.39, 0.29) is 29.5 Å². The molecule has 12 heteroatoms. The Morgan fingerprint density at radius 2 is 1.50 bits per heavy atom. The van der Waals surface area contributed by atoms with Crippen molar-refractivity contribution in [2.45, 2.75) is 50.9 Å². The zero-order chi connectivity index (χ0) is 35.1. The first kappa shape index (κ1) is 36.5. The number of benzene rings is 4. The highest BCUT2D eigenvalue weighted by atomic mass is 35.5. The topological polar surface area (TPSA) is 86.8 Å². The van der Waals surface area contributed by atoms with Crippen LogP contribution >= 0.6 is 11.6 Å². The lowest BCUT2D eigenvalue weighted by Gasteiger charge is -2.34. The van der Waals surface area contributed by atoms with Crippen LogP contribution < -0.4 is 9.62 Å². The summed E-state index contributed by atoms with van der Waals surface area (Å²) >= 11 is 6.26. The number of amides is 2. The fraction of sp³-hybridized carbons (Fsp3) is 0.278. The monoisotopic (exact) mass is 699 g/mol. The van der Waals surface area contributed by atoms with Crippen molar-refractivity contribution in [2.24, 2.45) is 5.92 Å². The van der Waals surface area contributed by atoms with E-state index in [0.717, 1.165) is 23.3 Å². The van der Waals surface area contributed by atoms with Gasteiger partial charge in [-0.15, -0.1) is 0 Å². The van der Waals surface area contributed by atoms with E-state index in [0.29, 0.717) is 27.5 Å². The molecule has 1 N–H and O–H groups in total. The second-order valence-electron chi connectivity index (χ2n) is 11.9. The van der Waals surface area contributed by atoms with Crippen LogP contribution in [0.2, 0.25) is 5.02 Å². The molecule has 0 aliphatic heterocycles. The first-order valence-corrected chi connectivity index (χ1v) is 17.1. The third-order valence-electron chi connectivity index (χ3n) is 7.55. The molecule has 0 radical (unpaired) electrons. The Hall–Kier alpha value is -4.35. The molecule has 7 nitrogen and oxygen atoms in total. The molecule has 0 saturated heterocycles. The molecule has 0 heterocycles. The molecular formula is C36H37ClF3N3O4S. The van der Waals surface area contributed by atoms with Crippen LogP contribution in [0.3, 0.4) is 0 Å². The normalized spacial score (nSPS) is 12.4. The van der Waals surface area contributed by atoms with Crippen molar-refractivity contribution < 1.29 is 31.2 Å². The lowest BCUT2D eigenvalue weighted by molar-refractivity contribution is -0.140. The van der Waals surface area contributed by atoms with Gasteiger partial charge in [-0.25, -0.2) is 8.42 Å². The van der Waals surface area contributed by atoms with Gasteiger partial charge >= 0.3 is 6.18 Å². The second kappa shape index (κ2) is 15.7. The van der Waals surface area contributed by atoms with Gasteiger partial charge in [-0.2, -0.15) is 13.2 Å². The van der Waals surface area contributed by atoms with E-state index in [1.807, 2.05) is 32.0 Å². The third-order valence-corrected chi connectivity index (χ3v) is 9.57. The summed E-state index contributed by atoms with van der Waals surface area (Å²) in [5, 5.41) is 3.28. The van der Waals surface area contributed by atoms with Gasteiger partial charge in [0, 0.05) is 24.5 Å². The van der Waals surface area contributed by atoms with Crippen LogP contribution in [0.4, 0.5) is 18.9 Å². The summed E-state index contributed by atoms with van der Waals surface area (Å²) in [5.41, 5.74) is 0.637. The van der Waals surface area contributed by atoms with Gasteiger partial charge in [0.25, 0.3) is 10.0 Å². The zero-order valence-electron chi connectivity index (χ0n) is 26.7. The van der Waals surface area contributed by atoms with E-state index in [9.17, 15) is 31.2 Å². The van der Waals surface area contributed by atoms with E-state index >= 15 is 0 Å². The third kappa shape index (κ3) is 9.60. The molecule has 4 rings (SSSR count). The highest BCUT2D eigenvalue weighted by Gasteiger charge is 2.36. The molecule has 4 aromatic carbocycles. The molecule has 0 fully saturated rings. The molecule has 4 aromatic rings. The van der Waals surface area contributed by atoms with E-state index in [1.165, 1.54) is 23.1 Å². The van der Waals surface area contributed by atoms with Crippen molar-refractivity contribution in [3.05, 3.63) is 130 Å². The smallest absolute Gasteiger partial charge is 0.354 e. The lowest BCUT2D eigenvalue weighted by Crippen LogP contribution is -2.53. The fourth-order valence-electron chi connectivity index (χ4n) is 5.01. The summed E-state index contributed by atoms with van der Waals surface area (Å²) in [6.45, 7) is 4.90. The Balaban J connectivity index is 1.84. The molecule has 0 aliphatic rings. The number of anilines is 1. The summed E-state index contributed by atoms with van der Waals surface area (Å²) in [7, 11) is -4.57. The average Bonchev–Trinajstić information content (AvgIpc) is 3.04. The molecule has 1 unspecified atom stereocenters. The zero-order valence-corrected chi connectivity index (χ0v) is 28.3. The quantitative estimate of drug-likeness (QED) is 0.159. The Bertz CT molecular complexity index is 1820. The van der Waals surface area contributed by atoms with E-state index in [1.54, 1.807) is 55.5 Å². The Morgan fingerprint density at radius 3 is 2.12 bits per heavy atom. The van der Waals surface area contributed by atoms with Crippen LogP contribution in [0, 0.1) is 12.8 Å². The van der Waals surface area contributed by atoms with E-state index in [4.69, 9.17) is 11.6 Å². The number of nitrogens with one attached hydrogen (secondary N) is 1. The molecule has 254 valence electrons. The molecule has 0 bridgehead atoms. The maximum Gasteiger partial charge on any atom is 0.416 e. The molecule has 0 spiro atoms. The van der Waals surface area contributed by atoms with Gasteiger partial charge < -0.3 is 10.2 Å². The highest BCUT2D eigenvalue weighted by Crippen LogP contribution is 2.33. The molecule has 0 aromatic heterocycles. The first-order valence-electron chi connectivity index (χ1n) is 15.3. The van der Waals surface area contributed by atoms with Gasteiger partial charge in [-0.05, 0) is 66.4 Å². The van der Waals surface area contributed by atoms with Crippen molar-refractivity contribution in [1.29, 1.82) is 0 Å². The summed E-state index contributed by atoms with van der Waals surface area (Å²) in [6, 6.07) is 24.2. The van der Waals surface area contributed by atoms with Crippen molar-refractivity contribution in [3.63, 3.8) is 0 Å². The number of aryl methyl sites for hydroxylation is 1. The molecule has 48 heavy (non-hydrogen) atoms. The molecule has 1 atom stereocenters. The Morgan fingerprint density at radius 1 is 0.854 bits per heavy atom. The predicted octanol–water partition coefficient (Wildman–Crippen LogP) is 7.27. The largest absolute Gasteiger partial charge is 0.416 e. The van der Waals surface area contributed by atoms with Crippen LogP contribution in [0.25, 0.3) is 0 Å². The minimum atomic E-state index is -4.77. The summed E-state index contributed by atoms with van der Waals surface area (Å²) in [6.07, 6.45) is -4.68. The van der Waals surface area contributed by atoms with Gasteiger partial charge in [0.15, 0.2) is 0 Å². The van der Waals surface area contributed by atoms with Gasteiger partial charge in [0.05, 0.1) is 16.1 Å². The maximum absolute atomic E-state index is 14.5.